The summed E-state index contributed by atoms with van der Waals surface area (Å²) in [6.45, 7) is 3.78. The van der Waals surface area contributed by atoms with Crippen molar-refractivity contribution in [3.8, 4) is 5.75 Å². The highest BCUT2D eigenvalue weighted by Crippen LogP contribution is 2.37. The first-order valence-electron chi connectivity index (χ1n) is 4.33. The molecule has 0 aliphatic carbocycles. The molecule has 1 aromatic rings. The summed E-state index contributed by atoms with van der Waals surface area (Å²) in [4.78, 5) is 0. The van der Waals surface area contributed by atoms with Gasteiger partial charge in [-0.2, -0.15) is 0 Å². The zero-order valence-corrected chi connectivity index (χ0v) is 8.37. The maximum Gasteiger partial charge on any atom is 0.146 e. The highest BCUT2D eigenvalue weighted by Gasteiger charge is 2.11. The second-order valence-corrected chi connectivity index (χ2v) is 3.37. The van der Waals surface area contributed by atoms with Gasteiger partial charge in [0, 0.05) is 6.07 Å². The van der Waals surface area contributed by atoms with Gasteiger partial charge in [0.15, 0.2) is 0 Å². The van der Waals surface area contributed by atoms with Crippen LogP contribution in [0, 0.1) is 0 Å². The average Bonchev–Trinajstić information content (AvgIpc) is 2.10. The van der Waals surface area contributed by atoms with Crippen LogP contribution in [-0.4, -0.2) is 6.10 Å². The molecule has 0 spiro atoms. The zero-order valence-electron chi connectivity index (χ0n) is 8.37. The van der Waals surface area contributed by atoms with Gasteiger partial charge >= 0.3 is 0 Å². The van der Waals surface area contributed by atoms with E-state index in [4.69, 9.17) is 27.7 Å². The van der Waals surface area contributed by atoms with Gasteiger partial charge in [-0.1, -0.05) is 0 Å². The zero-order chi connectivity index (χ0) is 10.9. The van der Waals surface area contributed by atoms with Crippen LogP contribution < -0.4 is 27.7 Å². The first kappa shape index (κ1) is 10.3. The van der Waals surface area contributed by atoms with Crippen molar-refractivity contribution >= 4 is 22.7 Å². The van der Waals surface area contributed by atoms with Crippen molar-refractivity contribution < 1.29 is 4.74 Å². The minimum absolute atomic E-state index is 0.0136. The van der Waals surface area contributed by atoms with E-state index in [1.165, 1.54) is 0 Å². The number of ether oxygens (including phenoxy) is 1. The maximum atomic E-state index is 5.72. The lowest BCUT2D eigenvalue weighted by atomic mass is 10.2. The molecule has 0 unspecified atom stereocenters. The molecule has 1 aromatic carbocycles. The molecule has 0 amide bonds. The van der Waals surface area contributed by atoms with Crippen LogP contribution in [0.3, 0.4) is 0 Å². The molecule has 78 valence electrons. The Morgan fingerprint density at radius 2 is 1.57 bits per heavy atom. The summed E-state index contributed by atoms with van der Waals surface area (Å²) in [6.07, 6.45) is 0.0136. The molecule has 0 atom stereocenters. The maximum absolute atomic E-state index is 5.72. The van der Waals surface area contributed by atoms with Crippen LogP contribution in [-0.2, 0) is 0 Å². The molecular formula is C9H16N4O. The Kier molecular flexibility index (Phi) is 2.60. The molecule has 1 rings (SSSR count). The molecule has 5 heteroatoms. The molecule has 0 heterocycles. The average molecular weight is 196 g/mol. The van der Waals surface area contributed by atoms with Crippen LogP contribution >= 0.6 is 0 Å². The number of benzene rings is 1. The van der Waals surface area contributed by atoms with E-state index in [0.29, 0.717) is 22.8 Å². The largest absolute Gasteiger partial charge is 0.489 e. The molecule has 0 saturated heterocycles. The third kappa shape index (κ3) is 1.76. The highest BCUT2D eigenvalue weighted by molar-refractivity contribution is 5.89. The smallest absolute Gasteiger partial charge is 0.146 e. The fourth-order valence-electron chi connectivity index (χ4n) is 1.08. The number of anilines is 4. The van der Waals surface area contributed by atoms with Crippen LogP contribution in [0.5, 0.6) is 5.75 Å². The van der Waals surface area contributed by atoms with E-state index in [1.807, 2.05) is 13.8 Å². The van der Waals surface area contributed by atoms with Crippen molar-refractivity contribution in [2.75, 3.05) is 22.9 Å². The molecule has 14 heavy (non-hydrogen) atoms. The first-order chi connectivity index (χ1) is 6.43. The second kappa shape index (κ2) is 3.53. The molecular weight excluding hydrogens is 180 g/mol. The Bertz CT molecular complexity index is 349. The Morgan fingerprint density at radius 1 is 1.00 bits per heavy atom. The molecule has 5 nitrogen and oxygen atoms in total. The molecule has 0 fully saturated rings. The van der Waals surface area contributed by atoms with Crippen LogP contribution in [0.25, 0.3) is 0 Å². The van der Waals surface area contributed by atoms with Gasteiger partial charge in [0.1, 0.15) is 5.75 Å². The van der Waals surface area contributed by atoms with E-state index in [2.05, 4.69) is 0 Å². The van der Waals surface area contributed by atoms with Gasteiger partial charge in [-0.05, 0) is 13.8 Å². The number of hydrogen-bond donors (Lipinski definition) is 4. The lowest BCUT2D eigenvalue weighted by Crippen LogP contribution is -2.11. The monoisotopic (exact) mass is 196 g/mol. The fourth-order valence-corrected chi connectivity index (χ4v) is 1.08. The summed E-state index contributed by atoms with van der Waals surface area (Å²) in [6, 6.07) is 1.58. The third-order valence-electron chi connectivity index (χ3n) is 1.81. The van der Waals surface area contributed by atoms with E-state index in [9.17, 15) is 0 Å². The fraction of sp³-hybridized carbons (Fsp3) is 0.333. The summed E-state index contributed by atoms with van der Waals surface area (Å²) in [5.74, 6) is 0.476. The molecule has 0 saturated carbocycles. The summed E-state index contributed by atoms with van der Waals surface area (Å²) in [5.41, 5.74) is 23.9. The van der Waals surface area contributed by atoms with Crippen molar-refractivity contribution in [1.82, 2.24) is 0 Å². The van der Waals surface area contributed by atoms with E-state index < -0.39 is 0 Å². The van der Waals surface area contributed by atoms with Gasteiger partial charge in [0.25, 0.3) is 0 Å². The van der Waals surface area contributed by atoms with Crippen LogP contribution in [0.15, 0.2) is 6.07 Å². The first-order valence-corrected chi connectivity index (χ1v) is 4.33. The van der Waals surface area contributed by atoms with E-state index >= 15 is 0 Å². The van der Waals surface area contributed by atoms with Crippen molar-refractivity contribution in [3.05, 3.63) is 6.07 Å². The molecule has 0 aromatic heterocycles. The van der Waals surface area contributed by atoms with E-state index in [-0.39, 0.29) is 11.8 Å². The topological polar surface area (TPSA) is 113 Å². The van der Waals surface area contributed by atoms with Crippen molar-refractivity contribution in [1.29, 1.82) is 0 Å². The number of hydrogen-bond acceptors (Lipinski definition) is 5. The molecule has 0 radical (unpaired) electrons. The Morgan fingerprint density at radius 3 is 2.07 bits per heavy atom. The van der Waals surface area contributed by atoms with Crippen LogP contribution in [0.4, 0.5) is 22.7 Å². The van der Waals surface area contributed by atoms with Gasteiger partial charge in [-0.3, -0.25) is 0 Å². The van der Waals surface area contributed by atoms with Gasteiger partial charge < -0.3 is 27.7 Å². The quantitative estimate of drug-likeness (QED) is 0.522. The molecule has 0 aliphatic rings. The summed E-state index contributed by atoms with van der Waals surface area (Å²) in [7, 11) is 0. The summed E-state index contributed by atoms with van der Waals surface area (Å²) < 4.78 is 5.42. The number of nitrogens with two attached hydrogens (primary N) is 4. The highest BCUT2D eigenvalue weighted by atomic mass is 16.5. The van der Waals surface area contributed by atoms with Gasteiger partial charge in [0.05, 0.1) is 28.9 Å². The van der Waals surface area contributed by atoms with E-state index in [1.54, 1.807) is 6.07 Å². The summed E-state index contributed by atoms with van der Waals surface area (Å²) >= 11 is 0. The van der Waals surface area contributed by atoms with Crippen molar-refractivity contribution in [2.45, 2.75) is 20.0 Å². The lowest BCUT2D eigenvalue weighted by molar-refractivity contribution is 0.244. The minimum atomic E-state index is 0.0136. The lowest BCUT2D eigenvalue weighted by Gasteiger charge is -2.15. The van der Waals surface area contributed by atoms with Crippen LogP contribution in [0.2, 0.25) is 0 Å². The van der Waals surface area contributed by atoms with E-state index in [0.717, 1.165) is 0 Å². The predicted octanol–water partition coefficient (Wildman–Crippen LogP) is 0.803. The van der Waals surface area contributed by atoms with Crippen molar-refractivity contribution in [3.63, 3.8) is 0 Å². The predicted molar refractivity (Wildman–Crippen MR) is 59.9 cm³/mol. The second-order valence-electron chi connectivity index (χ2n) is 3.37. The molecule has 0 aliphatic heterocycles. The summed E-state index contributed by atoms with van der Waals surface area (Å²) in [5, 5.41) is 0. The minimum Gasteiger partial charge on any atom is -0.489 e. The normalized spacial score (nSPS) is 10.5. The SMILES string of the molecule is CC(C)Oc1cc(N)c(N)c(N)c1N. The van der Waals surface area contributed by atoms with Crippen molar-refractivity contribution in [2.24, 2.45) is 0 Å². The van der Waals surface area contributed by atoms with Gasteiger partial charge in [-0.15, -0.1) is 0 Å². The van der Waals surface area contributed by atoms with Crippen LogP contribution in [0.1, 0.15) is 13.8 Å². The molecule has 0 bridgehead atoms. The Balaban J connectivity index is 3.19. The Hall–Kier alpha value is -1.78. The van der Waals surface area contributed by atoms with Gasteiger partial charge in [0.2, 0.25) is 0 Å². The Labute approximate surface area is 83.0 Å². The van der Waals surface area contributed by atoms with Gasteiger partial charge in [-0.25, -0.2) is 0 Å². The number of rotatable bonds is 2. The standard InChI is InChI=1S/C9H16N4O/c1-4(2)14-6-3-5(10)7(11)9(13)8(6)12/h3-4H,10-13H2,1-2H3. The number of nitrogen functional groups attached to an aromatic ring is 4. The third-order valence-corrected chi connectivity index (χ3v) is 1.81. The molecule has 8 N–H and O–H groups in total.